The minimum atomic E-state index is -0.0250. The molecule has 0 bridgehead atoms. The summed E-state index contributed by atoms with van der Waals surface area (Å²) in [6.45, 7) is 1.20. The summed E-state index contributed by atoms with van der Waals surface area (Å²) >= 11 is 3.35. The zero-order chi connectivity index (χ0) is 11.4. The fraction of sp³-hybridized carbons (Fsp3) is 0.364. The first-order valence-electron chi connectivity index (χ1n) is 5.15. The predicted octanol–water partition coefficient (Wildman–Crippen LogP) is 1.93. The van der Waals surface area contributed by atoms with E-state index in [-0.39, 0.29) is 11.8 Å². The first-order valence-corrected chi connectivity index (χ1v) is 5.94. The molecule has 1 amide bonds. The van der Waals surface area contributed by atoms with Crippen molar-refractivity contribution in [3.63, 3.8) is 0 Å². The molecule has 86 valence electrons. The highest BCUT2D eigenvalue weighted by Crippen LogP contribution is 2.14. The van der Waals surface area contributed by atoms with Crippen molar-refractivity contribution in [1.29, 1.82) is 0 Å². The quantitative estimate of drug-likeness (QED) is 0.834. The lowest BCUT2D eigenvalue weighted by atomic mass is 10.1. The Hall–Kier alpha value is -1.07. The summed E-state index contributed by atoms with van der Waals surface area (Å²) in [4.78, 5) is 11.6. The minimum Gasteiger partial charge on any atom is -0.381 e. The normalized spacial score (nSPS) is 19.4. The molecule has 1 saturated heterocycles. The number of nitrogens with one attached hydrogen (secondary N) is 2. The molecule has 1 unspecified atom stereocenters. The highest BCUT2D eigenvalue weighted by molar-refractivity contribution is 9.10. The third kappa shape index (κ3) is 2.96. The van der Waals surface area contributed by atoms with Gasteiger partial charge in [0, 0.05) is 11.1 Å². The summed E-state index contributed by atoms with van der Waals surface area (Å²) in [5, 5.41) is 0. The summed E-state index contributed by atoms with van der Waals surface area (Å²) in [5.74, 6) is -0.0385. The number of hydrazine groups is 1. The van der Waals surface area contributed by atoms with E-state index in [1.165, 1.54) is 0 Å². The van der Waals surface area contributed by atoms with E-state index in [1.807, 2.05) is 24.3 Å². The second-order valence-corrected chi connectivity index (χ2v) is 4.60. The maximum atomic E-state index is 11.6. The monoisotopic (exact) mass is 284 g/mol. The largest absolute Gasteiger partial charge is 0.381 e. The average molecular weight is 285 g/mol. The molecule has 1 fully saturated rings. The van der Waals surface area contributed by atoms with Crippen LogP contribution in [-0.2, 0) is 9.53 Å². The lowest BCUT2D eigenvalue weighted by Gasteiger charge is -2.11. The van der Waals surface area contributed by atoms with Crippen molar-refractivity contribution in [3.05, 3.63) is 28.7 Å². The highest BCUT2D eigenvalue weighted by Gasteiger charge is 2.23. The number of anilines is 1. The Morgan fingerprint density at radius 2 is 2.12 bits per heavy atom. The molecule has 1 aromatic carbocycles. The van der Waals surface area contributed by atoms with Crippen molar-refractivity contribution < 1.29 is 9.53 Å². The molecule has 0 spiro atoms. The Morgan fingerprint density at radius 1 is 1.38 bits per heavy atom. The Morgan fingerprint density at radius 3 is 2.75 bits per heavy atom. The molecule has 0 radical (unpaired) electrons. The van der Waals surface area contributed by atoms with Crippen LogP contribution in [0.1, 0.15) is 6.42 Å². The number of benzene rings is 1. The van der Waals surface area contributed by atoms with Crippen molar-refractivity contribution in [2.45, 2.75) is 6.42 Å². The molecule has 0 aromatic heterocycles. The van der Waals surface area contributed by atoms with Gasteiger partial charge in [-0.25, -0.2) is 0 Å². The van der Waals surface area contributed by atoms with Gasteiger partial charge in [-0.15, -0.1) is 0 Å². The first kappa shape index (κ1) is 11.4. The van der Waals surface area contributed by atoms with Gasteiger partial charge in [-0.3, -0.25) is 15.6 Å². The third-order valence-electron chi connectivity index (χ3n) is 2.47. The van der Waals surface area contributed by atoms with E-state index in [0.717, 1.165) is 16.6 Å². The summed E-state index contributed by atoms with van der Waals surface area (Å²) in [6.07, 6.45) is 0.799. The van der Waals surface area contributed by atoms with E-state index in [9.17, 15) is 4.79 Å². The Kier molecular flexibility index (Phi) is 3.79. The maximum Gasteiger partial charge on any atom is 0.243 e. The topological polar surface area (TPSA) is 50.4 Å². The number of carbonyl (C=O) groups is 1. The molecular weight excluding hydrogens is 272 g/mol. The van der Waals surface area contributed by atoms with Crippen molar-refractivity contribution >= 4 is 27.5 Å². The lowest BCUT2D eigenvalue weighted by Crippen LogP contribution is -2.35. The van der Waals surface area contributed by atoms with Crippen LogP contribution in [0.25, 0.3) is 0 Å². The number of hydrogen-bond donors (Lipinski definition) is 2. The number of halogens is 1. The molecule has 0 aliphatic carbocycles. The molecule has 0 saturated carbocycles. The fourth-order valence-electron chi connectivity index (χ4n) is 1.51. The highest BCUT2D eigenvalue weighted by atomic mass is 79.9. The number of carbonyl (C=O) groups excluding carboxylic acids is 1. The predicted molar refractivity (Wildman–Crippen MR) is 64.8 cm³/mol. The van der Waals surface area contributed by atoms with E-state index >= 15 is 0 Å². The van der Waals surface area contributed by atoms with E-state index in [1.54, 1.807) is 0 Å². The molecule has 1 aliphatic heterocycles. The van der Waals surface area contributed by atoms with Crippen LogP contribution in [0.2, 0.25) is 0 Å². The van der Waals surface area contributed by atoms with Crippen molar-refractivity contribution in [2.75, 3.05) is 18.6 Å². The number of hydrogen-bond acceptors (Lipinski definition) is 3. The van der Waals surface area contributed by atoms with Gasteiger partial charge in [0.1, 0.15) is 0 Å². The van der Waals surface area contributed by atoms with Crippen LogP contribution < -0.4 is 10.9 Å². The molecule has 1 heterocycles. The number of amides is 1. The molecular formula is C11H13BrN2O2. The van der Waals surface area contributed by atoms with Crippen LogP contribution in [-0.4, -0.2) is 19.1 Å². The van der Waals surface area contributed by atoms with Crippen molar-refractivity contribution in [2.24, 2.45) is 5.92 Å². The van der Waals surface area contributed by atoms with Crippen LogP contribution in [0.15, 0.2) is 28.7 Å². The Labute approximate surface area is 102 Å². The van der Waals surface area contributed by atoms with Crippen LogP contribution in [0.3, 0.4) is 0 Å². The summed E-state index contributed by atoms with van der Waals surface area (Å²) in [6, 6.07) is 7.59. The third-order valence-corrected chi connectivity index (χ3v) is 3.00. The molecule has 5 heteroatoms. The van der Waals surface area contributed by atoms with Crippen molar-refractivity contribution in [1.82, 2.24) is 5.43 Å². The van der Waals surface area contributed by atoms with Gasteiger partial charge in [0.15, 0.2) is 0 Å². The average Bonchev–Trinajstić information content (AvgIpc) is 2.81. The Bertz CT molecular complexity index is 361. The summed E-state index contributed by atoms with van der Waals surface area (Å²) in [5.41, 5.74) is 6.41. The van der Waals surface area contributed by atoms with Gasteiger partial charge in [0.05, 0.1) is 18.2 Å². The van der Waals surface area contributed by atoms with Crippen LogP contribution >= 0.6 is 15.9 Å². The van der Waals surface area contributed by atoms with Gasteiger partial charge >= 0.3 is 0 Å². The SMILES string of the molecule is O=C(NNc1ccc(Br)cc1)C1CCOC1. The van der Waals surface area contributed by atoms with Gasteiger partial charge in [-0.1, -0.05) is 15.9 Å². The molecule has 4 nitrogen and oxygen atoms in total. The van der Waals surface area contributed by atoms with Crippen LogP contribution in [0, 0.1) is 5.92 Å². The van der Waals surface area contributed by atoms with E-state index in [4.69, 9.17) is 4.74 Å². The van der Waals surface area contributed by atoms with E-state index in [0.29, 0.717) is 13.2 Å². The zero-order valence-corrected chi connectivity index (χ0v) is 10.3. The molecule has 1 aromatic rings. The van der Waals surface area contributed by atoms with E-state index < -0.39 is 0 Å². The molecule has 1 atom stereocenters. The molecule has 2 N–H and O–H groups in total. The standard InChI is InChI=1S/C11H13BrN2O2/c12-9-1-3-10(4-2-9)13-14-11(15)8-5-6-16-7-8/h1-4,8,13H,5-7H2,(H,14,15). The smallest absolute Gasteiger partial charge is 0.243 e. The second-order valence-electron chi connectivity index (χ2n) is 3.68. The van der Waals surface area contributed by atoms with Gasteiger partial charge < -0.3 is 4.74 Å². The number of rotatable bonds is 3. The van der Waals surface area contributed by atoms with Gasteiger partial charge in [0.25, 0.3) is 0 Å². The van der Waals surface area contributed by atoms with Gasteiger partial charge in [0.2, 0.25) is 5.91 Å². The van der Waals surface area contributed by atoms with Gasteiger partial charge in [-0.05, 0) is 30.7 Å². The van der Waals surface area contributed by atoms with Gasteiger partial charge in [-0.2, -0.15) is 0 Å². The Balaban J connectivity index is 1.82. The molecule has 2 rings (SSSR count). The fourth-order valence-corrected chi connectivity index (χ4v) is 1.77. The number of ether oxygens (including phenoxy) is 1. The second kappa shape index (κ2) is 5.32. The zero-order valence-electron chi connectivity index (χ0n) is 8.70. The minimum absolute atomic E-state index is 0.0135. The molecule has 1 aliphatic rings. The lowest BCUT2D eigenvalue weighted by molar-refractivity contribution is -0.124. The summed E-state index contributed by atoms with van der Waals surface area (Å²) in [7, 11) is 0. The maximum absolute atomic E-state index is 11.6. The summed E-state index contributed by atoms with van der Waals surface area (Å²) < 4.78 is 6.16. The first-order chi connectivity index (χ1) is 7.75. The molecule has 16 heavy (non-hydrogen) atoms. The van der Waals surface area contributed by atoms with Crippen molar-refractivity contribution in [3.8, 4) is 0 Å². The van der Waals surface area contributed by atoms with Crippen LogP contribution in [0.4, 0.5) is 5.69 Å². The van der Waals surface area contributed by atoms with E-state index in [2.05, 4.69) is 26.8 Å². The van der Waals surface area contributed by atoms with Crippen LogP contribution in [0.5, 0.6) is 0 Å².